The van der Waals surface area contributed by atoms with Crippen molar-refractivity contribution in [3.05, 3.63) is 10.4 Å². The summed E-state index contributed by atoms with van der Waals surface area (Å²) in [5.41, 5.74) is 9.01. The number of esters is 5. The van der Waals surface area contributed by atoms with E-state index < -0.39 is 79.2 Å². The molecule has 0 radical (unpaired) electrons. The predicted molar refractivity (Wildman–Crippen MR) is 102 cm³/mol. The Hall–Kier alpha value is -3.45. The van der Waals surface area contributed by atoms with Crippen LogP contribution in [0.5, 0.6) is 0 Å². The van der Waals surface area contributed by atoms with E-state index in [0.717, 1.165) is 34.8 Å². The molecule has 1 rings (SSSR count). The first-order valence-corrected chi connectivity index (χ1v) is 9.49. The first-order chi connectivity index (χ1) is 15.3. The first-order valence-electron chi connectivity index (χ1n) is 9.49. The number of hydrogen-bond donors (Lipinski definition) is 0. The summed E-state index contributed by atoms with van der Waals surface area (Å²) in [4.78, 5) is 61.0. The zero-order chi connectivity index (χ0) is 25.3. The van der Waals surface area contributed by atoms with E-state index in [0.29, 0.717) is 0 Å². The minimum Gasteiger partial charge on any atom is -0.465 e. The molecule has 1 saturated heterocycles. The molecule has 184 valence electrons. The number of ether oxygens (including phenoxy) is 6. The molecule has 0 spiro atoms. The van der Waals surface area contributed by atoms with Crippen molar-refractivity contribution >= 4 is 29.8 Å². The molecule has 1 aliphatic rings. The van der Waals surface area contributed by atoms with E-state index in [1.165, 1.54) is 0 Å². The van der Waals surface area contributed by atoms with Gasteiger partial charge in [0, 0.05) is 32.6 Å². The van der Waals surface area contributed by atoms with Gasteiger partial charge in [-0.25, -0.2) is 4.79 Å². The van der Waals surface area contributed by atoms with Gasteiger partial charge in [-0.2, -0.15) is 4.39 Å². The van der Waals surface area contributed by atoms with Crippen LogP contribution in [0.3, 0.4) is 0 Å². The highest BCUT2D eigenvalue weighted by Crippen LogP contribution is 2.38. The summed E-state index contributed by atoms with van der Waals surface area (Å²) in [5.74, 6) is -8.34. The Morgan fingerprint density at radius 1 is 1.09 bits per heavy atom. The average Bonchev–Trinajstić information content (AvgIpc) is 2.69. The van der Waals surface area contributed by atoms with Crippen LogP contribution in [0.2, 0.25) is 0 Å². The van der Waals surface area contributed by atoms with Crippen LogP contribution in [0.25, 0.3) is 10.4 Å². The Balaban J connectivity index is 3.62. The molecule has 33 heavy (non-hydrogen) atoms. The number of carbonyl (C=O) groups is 5. The fraction of sp³-hybridized carbons (Fsp3) is 0.722. The lowest BCUT2D eigenvalue weighted by Crippen LogP contribution is -2.63. The maximum atomic E-state index is 15.5. The Morgan fingerprint density at radius 3 is 2.15 bits per heavy atom. The van der Waals surface area contributed by atoms with Gasteiger partial charge in [0.25, 0.3) is 0 Å². The van der Waals surface area contributed by atoms with Crippen molar-refractivity contribution in [2.24, 2.45) is 5.11 Å². The van der Waals surface area contributed by atoms with Crippen LogP contribution < -0.4 is 0 Å². The largest absolute Gasteiger partial charge is 0.465 e. The monoisotopic (exact) mass is 477 g/mol. The van der Waals surface area contributed by atoms with Crippen molar-refractivity contribution in [1.29, 1.82) is 0 Å². The zero-order valence-electron chi connectivity index (χ0n) is 18.5. The van der Waals surface area contributed by atoms with Gasteiger partial charge in [-0.3, -0.25) is 19.2 Å². The molecule has 0 aromatic heterocycles. The van der Waals surface area contributed by atoms with E-state index in [1.807, 2.05) is 0 Å². The van der Waals surface area contributed by atoms with Gasteiger partial charge in [0.05, 0.1) is 13.5 Å². The molecule has 14 nitrogen and oxygen atoms in total. The van der Waals surface area contributed by atoms with E-state index in [4.69, 9.17) is 29.2 Å². The van der Waals surface area contributed by atoms with E-state index in [9.17, 15) is 24.0 Å². The molecular formula is C18H24FN3O11. The lowest BCUT2D eigenvalue weighted by atomic mass is 9.89. The average molecular weight is 477 g/mol. The Morgan fingerprint density at radius 2 is 1.70 bits per heavy atom. The topological polar surface area (TPSA) is 189 Å². The highest BCUT2D eigenvalue weighted by molar-refractivity contribution is 5.78. The van der Waals surface area contributed by atoms with Crippen LogP contribution in [0.4, 0.5) is 4.39 Å². The smallest absolute Gasteiger partial charge is 0.371 e. The molecule has 15 heteroatoms. The molecular weight excluding hydrogens is 453 g/mol. The second-order valence-corrected chi connectivity index (χ2v) is 6.87. The quantitative estimate of drug-likeness (QED) is 0.149. The first kappa shape index (κ1) is 27.6. The number of methoxy groups -OCH3 is 1. The van der Waals surface area contributed by atoms with Crippen molar-refractivity contribution in [2.75, 3.05) is 13.7 Å². The SMILES string of the molecule is COC(=O)C1(F)C[C@H](OC(C)=O)[C@@H](N=[N+]=[N-])[C@H]([C@H](OC(C)=O)[C@@H](COC(C)=O)OC(C)=O)O1. The van der Waals surface area contributed by atoms with E-state index in [2.05, 4.69) is 14.8 Å². The fourth-order valence-electron chi connectivity index (χ4n) is 3.15. The molecule has 1 heterocycles. The van der Waals surface area contributed by atoms with Crippen molar-refractivity contribution in [3.63, 3.8) is 0 Å². The fourth-order valence-corrected chi connectivity index (χ4v) is 3.15. The Kier molecular flexibility index (Phi) is 10.0. The molecule has 6 atom stereocenters. The van der Waals surface area contributed by atoms with Gasteiger partial charge in [-0.1, -0.05) is 5.11 Å². The zero-order valence-corrected chi connectivity index (χ0v) is 18.5. The maximum absolute atomic E-state index is 15.5. The van der Waals surface area contributed by atoms with Crippen molar-refractivity contribution in [2.45, 2.75) is 70.4 Å². The Labute approximate surface area is 187 Å². The van der Waals surface area contributed by atoms with E-state index in [-0.39, 0.29) is 0 Å². The van der Waals surface area contributed by atoms with Gasteiger partial charge < -0.3 is 28.4 Å². The summed E-state index contributed by atoms with van der Waals surface area (Å²) >= 11 is 0. The third-order valence-electron chi connectivity index (χ3n) is 4.26. The molecule has 0 N–H and O–H groups in total. The number of nitrogens with zero attached hydrogens (tertiary/aromatic N) is 3. The lowest BCUT2D eigenvalue weighted by molar-refractivity contribution is -0.271. The molecule has 0 bridgehead atoms. The molecule has 1 unspecified atom stereocenters. The molecule has 0 aromatic carbocycles. The van der Waals surface area contributed by atoms with Crippen LogP contribution in [-0.2, 0) is 52.4 Å². The van der Waals surface area contributed by atoms with Crippen LogP contribution in [-0.4, -0.2) is 79.9 Å². The van der Waals surface area contributed by atoms with Gasteiger partial charge in [0.1, 0.15) is 24.9 Å². The standard InChI is InChI=1S/C18H24FN3O11/c1-8(23)29-7-13(31-10(3)25)15(32-11(4)26)16-14(21-22-20)12(30-9(2)24)6-18(19,33-16)17(27)28-5/h12-16H,6-7H2,1-5H3/t12-,13+,14+,15+,16+,18?/m0/s1. The van der Waals surface area contributed by atoms with Crippen LogP contribution in [0.15, 0.2) is 5.11 Å². The summed E-state index contributed by atoms with van der Waals surface area (Å²) < 4.78 is 45.2. The highest BCUT2D eigenvalue weighted by Gasteiger charge is 2.58. The number of alkyl halides is 1. The molecule has 1 fully saturated rings. The third-order valence-corrected chi connectivity index (χ3v) is 4.26. The van der Waals surface area contributed by atoms with Crippen molar-refractivity contribution < 1.29 is 56.8 Å². The van der Waals surface area contributed by atoms with Crippen LogP contribution >= 0.6 is 0 Å². The summed E-state index contributed by atoms with van der Waals surface area (Å²) in [5, 5.41) is 3.46. The third kappa shape index (κ3) is 7.88. The van der Waals surface area contributed by atoms with Crippen molar-refractivity contribution in [3.8, 4) is 0 Å². The molecule has 0 aromatic rings. The van der Waals surface area contributed by atoms with Crippen LogP contribution in [0.1, 0.15) is 34.1 Å². The number of azide groups is 1. The highest BCUT2D eigenvalue weighted by atomic mass is 19.2. The second-order valence-electron chi connectivity index (χ2n) is 6.87. The number of hydrogen-bond acceptors (Lipinski definition) is 12. The maximum Gasteiger partial charge on any atom is 0.371 e. The van der Waals surface area contributed by atoms with E-state index in [1.54, 1.807) is 0 Å². The van der Waals surface area contributed by atoms with Gasteiger partial charge in [0.2, 0.25) is 0 Å². The number of rotatable bonds is 9. The minimum atomic E-state index is -3.23. The number of halogens is 1. The summed E-state index contributed by atoms with van der Waals surface area (Å²) in [7, 11) is 0.869. The van der Waals surface area contributed by atoms with Crippen LogP contribution in [0, 0.1) is 0 Å². The van der Waals surface area contributed by atoms with Gasteiger partial charge in [-0.05, 0) is 5.53 Å². The molecule has 1 aliphatic heterocycles. The predicted octanol–water partition coefficient (Wildman–Crippen LogP) is 0.651. The molecule has 0 saturated carbocycles. The van der Waals surface area contributed by atoms with Gasteiger partial charge in [0.15, 0.2) is 12.2 Å². The summed E-state index contributed by atoms with van der Waals surface area (Å²) in [6.07, 6.45) is -7.72. The minimum absolute atomic E-state index is 0.675. The number of carbonyl (C=O) groups excluding carboxylic acids is 5. The second kappa shape index (κ2) is 12.0. The van der Waals surface area contributed by atoms with Gasteiger partial charge in [-0.15, -0.1) is 0 Å². The molecule has 0 amide bonds. The van der Waals surface area contributed by atoms with Crippen molar-refractivity contribution in [1.82, 2.24) is 0 Å². The Bertz CT molecular complexity index is 831. The molecule has 0 aliphatic carbocycles. The van der Waals surface area contributed by atoms with E-state index >= 15 is 4.39 Å². The summed E-state index contributed by atoms with van der Waals surface area (Å²) in [6, 6.07) is -1.56. The van der Waals surface area contributed by atoms with Gasteiger partial charge >= 0.3 is 35.7 Å². The lowest BCUT2D eigenvalue weighted by Gasteiger charge is -2.44. The summed E-state index contributed by atoms with van der Waals surface area (Å²) in [6.45, 7) is 3.31. The normalized spacial score (nSPS) is 25.9.